The number of nitrogens with zero attached hydrogens (tertiary/aromatic N) is 1. The highest BCUT2D eigenvalue weighted by atomic mass is 19.3. The van der Waals surface area contributed by atoms with Gasteiger partial charge >= 0.3 is 6.61 Å². The Labute approximate surface area is 140 Å². The lowest BCUT2D eigenvalue weighted by Gasteiger charge is -2.21. The minimum absolute atomic E-state index is 0.0478. The van der Waals surface area contributed by atoms with E-state index in [9.17, 15) is 13.6 Å². The van der Waals surface area contributed by atoms with E-state index in [0.717, 1.165) is 18.8 Å². The number of carbonyl (C=O) groups is 1. The first-order valence-corrected chi connectivity index (χ1v) is 7.74. The second kappa shape index (κ2) is 8.29. The summed E-state index contributed by atoms with van der Waals surface area (Å²) >= 11 is 0. The van der Waals surface area contributed by atoms with Crippen molar-refractivity contribution in [1.82, 2.24) is 0 Å². The van der Waals surface area contributed by atoms with E-state index in [-0.39, 0.29) is 11.7 Å². The molecule has 0 radical (unpaired) electrons. The number of anilines is 2. The van der Waals surface area contributed by atoms with Gasteiger partial charge in [-0.25, -0.2) is 0 Å². The number of alkyl halides is 2. The van der Waals surface area contributed by atoms with Crippen molar-refractivity contribution in [3.8, 4) is 5.75 Å². The number of rotatable bonds is 7. The lowest BCUT2D eigenvalue weighted by molar-refractivity contribution is -0.0498. The van der Waals surface area contributed by atoms with Gasteiger partial charge in [0.2, 0.25) is 0 Å². The summed E-state index contributed by atoms with van der Waals surface area (Å²) in [7, 11) is 0. The molecule has 0 aliphatic carbocycles. The van der Waals surface area contributed by atoms with Gasteiger partial charge in [-0.15, -0.1) is 0 Å². The maximum atomic E-state index is 12.2. The van der Waals surface area contributed by atoms with Gasteiger partial charge in [0.1, 0.15) is 5.75 Å². The monoisotopic (exact) mass is 334 g/mol. The zero-order valence-electron chi connectivity index (χ0n) is 13.6. The Kier molecular flexibility index (Phi) is 6.12. The zero-order valence-corrected chi connectivity index (χ0v) is 13.6. The van der Waals surface area contributed by atoms with Crippen LogP contribution in [0.25, 0.3) is 0 Å². The number of ether oxygens (including phenoxy) is 1. The fourth-order valence-corrected chi connectivity index (χ4v) is 2.34. The van der Waals surface area contributed by atoms with Gasteiger partial charge in [0.15, 0.2) is 0 Å². The molecule has 2 rings (SSSR count). The topological polar surface area (TPSA) is 41.6 Å². The Hall–Kier alpha value is -2.63. The number of halogens is 2. The predicted octanol–water partition coefficient (Wildman–Crippen LogP) is 4.39. The average Bonchev–Trinajstić information content (AvgIpc) is 2.58. The van der Waals surface area contributed by atoms with E-state index in [0.29, 0.717) is 11.3 Å². The van der Waals surface area contributed by atoms with Gasteiger partial charge in [-0.3, -0.25) is 4.79 Å². The van der Waals surface area contributed by atoms with Crippen molar-refractivity contribution in [1.29, 1.82) is 0 Å². The van der Waals surface area contributed by atoms with Crippen molar-refractivity contribution in [2.75, 3.05) is 23.3 Å². The summed E-state index contributed by atoms with van der Waals surface area (Å²) in [4.78, 5) is 14.4. The average molecular weight is 334 g/mol. The molecule has 1 amide bonds. The molecule has 4 nitrogen and oxygen atoms in total. The summed E-state index contributed by atoms with van der Waals surface area (Å²) in [5, 5.41) is 2.72. The summed E-state index contributed by atoms with van der Waals surface area (Å²) in [5.41, 5.74) is 2.10. The molecule has 2 aromatic rings. The molecule has 0 atom stereocenters. The number of hydrogen-bond acceptors (Lipinski definition) is 3. The molecule has 0 saturated heterocycles. The highest BCUT2D eigenvalue weighted by molar-refractivity contribution is 6.04. The van der Waals surface area contributed by atoms with Crippen molar-refractivity contribution in [2.24, 2.45) is 0 Å². The summed E-state index contributed by atoms with van der Waals surface area (Å²) in [6.07, 6.45) is 0. The summed E-state index contributed by atoms with van der Waals surface area (Å²) in [6.45, 7) is 3.08. The molecule has 0 unspecified atom stereocenters. The van der Waals surface area contributed by atoms with Crippen LogP contribution in [0, 0.1) is 0 Å². The molecule has 1 N–H and O–H groups in total. The molecule has 0 heterocycles. The highest BCUT2D eigenvalue weighted by Crippen LogP contribution is 2.19. The Morgan fingerprint density at radius 1 is 1.04 bits per heavy atom. The second-order valence-corrected chi connectivity index (χ2v) is 5.08. The van der Waals surface area contributed by atoms with E-state index in [1.165, 1.54) is 24.3 Å². The quantitative estimate of drug-likeness (QED) is 0.817. The maximum absolute atomic E-state index is 12.2. The van der Waals surface area contributed by atoms with E-state index < -0.39 is 6.61 Å². The van der Waals surface area contributed by atoms with Crippen LogP contribution in [-0.2, 0) is 0 Å². The molecule has 0 aliphatic rings. The Morgan fingerprint density at radius 2 is 1.62 bits per heavy atom. The second-order valence-electron chi connectivity index (χ2n) is 5.08. The minimum atomic E-state index is -2.87. The van der Waals surface area contributed by atoms with Gasteiger partial charge in [-0.1, -0.05) is 0 Å². The van der Waals surface area contributed by atoms with Crippen LogP contribution in [0.4, 0.5) is 20.2 Å². The third-order valence-corrected chi connectivity index (χ3v) is 3.60. The Morgan fingerprint density at radius 3 is 2.12 bits per heavy atom. The van der Waals surface area contributed by atoms with E-state index in [2.05, 4.69) is 28.8 Å². The standard InChI is InChI=1S/C18H20F2N2O2/c1-3-22(4-2)15-9-5-13(6-10-15)17(23)21-14-7-11-16(12-8-14)24-18(19)20/h5-12,18H,3-4H2,1-2H3,(H,21,23). The van der Waals surface area contributed by atoms with Crippen LogP contribution in [-0.4, -0.2) is 25.6 Å². The smallest absolute Gasteiger partial charge is 0.387 e. The van der Waals surface area contributed by atoms with Gasteiger partial charge < -0.3 is 15.0 Å². The number of hydrogen-bond donors (Lipinski definition) is 1. The molecule has 2 aromatic carbocycles. The number of nitrogens with one attached hydrogen (secondary N) is 1. The number of benzene rings is 2. The number of carbonyl (C=O) groups excluding carboxylic acids is 1. The minimum Gasteiger partial charge on any atom is -0.435 e. The fourth-order valence-electron chi connectivity index (χ4n) is 2.34. The molecule has 128 valence electrons. The fraction of sp³-hybridized carbons (Fsp3) is 0.278. The van der Waals surface area contributed by atoms with E-state index in [1.54, 1.807) is 12.1 Å². The van der Waals surface area contributed by atoms with Gasteiger partial charge in [0, 0.05) is 30.0 Å². The predicted molar refractivity (Wildman–Crippen MR) is 91.0 cm³/mol. The van der Waals surface area contributed by atoms with Crippen LogP contribution in [0.2, 0.25) is 0 Å². The van der Waals surface area contributed by atoms with Gasteiger partial charge in [0.25, 0.3) is 5.91 Å². The van der Waals surface area contributed by atoms with Crippen LogP contribution >= 0.6 is 0 Å². The van der Waals surface area contributed by atoms with Crippen LogP contribution in [0.3, 0.4) is 0 Å². The Bertz CT molecular complexity index is 654. The molecular formula is C18H20F2N2O2. The molecule has 6 heteroatoms. The first-order valence-electron chi connectivity index (χ1n) is 7.74. The lowest BCUT2D eigenvalue weighted by atomic mass is 10.1. The van der Waals surface area contributed by atoms with Crippen molar-refractivity contribution < 1.29 is 18.3 Å². The van der Waals surface area contributed by atoms with Crippen molar-refractivity contribution in [3.05, 3.63) is 54.1 Å². The van der Waals surface area contributed by atoms with Gasteiger partial charge in [-0.2, -0.15) is 8.78 Å². The molecule has 24 heavy (non-hydrogen) atoms. The lowest BCUT2D eigenvalue weighted by Crippen LogP contribution is -2.21. The van der Waals surface area contributed by atoms with Crippen molar-refractivity contribution in [2.45, 2.75) is 20.5 Å². The van der Waals surface area contributed by atoms with Crippen LogP contribution < -0.4 is 15.0 Å². The van der Waals surface area contributed by atoms with E-state index in [4.69, 9.17) is 0 Å². The summed E-state index contributed by atoms with van der Waals surface area (Å²) in [5.74, 6) is -0.213. The SMILES string of the molecule is CCN(CC)c1ccc(C(=O)Nc2ccc(OC(F)F)cc2)cc1. The maximum Gasteiger partial charge on any atom is 0.387 e. The Balaban J connectivity index is 2.01. The molecule has 0 aliphatic heterocycles. The molecule has 0 saturated carbocycles. The normalized spacial score (nSPS) is 10.5. The van der Waals surface area contributed by atoms with Crippen molar-refractivity contribution >= 4 is 17.3 Å². The van der Waals surface area contributed by atoms with Crippen LogP contribution in [0.1, 0.15) is 24.2 Å². The zero-order chi connectivity index (χ0) is 17.5. The van der Waals surface area contributed by atoms with Crippen LogP contribution in [0.5, 0.6) is 5.75 Å². The van der Waals surface area contributed by atoms with Gasteiger partial charge in [0.05, 0.1) is 0 Å². The first kappa shape index (κ1) is 17.7. The van der Waals surface area contributed by atoms with E-state index >= 15 is 0 Å². The first-order chi connectivity index (χ1) is 11.5. The third-order valence-electron chi connectivity index (χ3n) is 3.60. The molecule has 0 fully saturated rings. The molecule has 0 aromatic heterocycles. The molecule has 0 bridgehead atoms. The molecule has 0 spiro atoms. The number of amides is 1. The third kappa shape index (κ3) is 4.68. The molecular weight excluding hydrogens is 314 g/mol. The van der Waals surface area contributed by atoms with Crippen molar-refractivity contribution in [3.63, 3.8) is 0 Å². The van der Waals surface area contributed by atoms with Gasteiger partial charge in [-0.05, 0) is 62.4 Å². The summed E-state index contributed by atoms with van der Waals surface area (Å²) < 4.78 is 28.5. The summed E-state index contributed by atoms with van der Waals surface area (Å²) in [6, 6.07) is 13.1. The van der Waals surface area contributed by atoms with Crippen LogP contribution in [0.15, 0.2) is 48.5 Å². The largest absolute Gasteiger partial charge is 0.435 e. The van der Waals surface area contributed by atoms with E-state index in [1.807, 2.05) is 12.1 Å². The highest BCUT2D eigenvalue weighted by Gasteiger charge is 2.09.